The van der Waals surface area contributed by atoms with Gasteiger partial charge in [0.05, 0.1) is 6.61 Å². The normalized spacial score (nSPS) is 15.7. The molecule has 0 saturated heterocycles. The molecule has 0 bridgehead atoms. The van der Waals surface area contributed by atoms with E-state index in [2.05, 4.69) is 11.8 Å². The predicted molar refractivity (Wildman–Crippen MR) is 85.4 cm³/mol. The third-order valence-corrected chi connectivity index (χ3v) is 4.22. The topological polar surface area (TPSA) is 29.5 Å². The minimum absolute atomic E-state index is 0.293. The number of benzene rings is 1. The Hall–Kier alpha value is -1.51. The molecule has 21 heavy (non-hydrogen) atoms. The molecule has 0 aromatic heterocycles. The van der Waals surface area contributed by atoms with Gasteiger partial charge < -0.3 is 9.64 Å². The number of nitrogens with zero attached hydrogens (tertiary/aromatic N) is 1. The average Bonchev–Trinajstić information content (AvgIpc) is 2.54. The third-order valence-electron chi connectivity index (χ3n) is 4.22. The van der Waals surface area contributed by atoms with E-state index in [4.69, 9.17) is 4.74 Å². The minimum Gasteiger partial charge on any atom is -0.494 e. The SMILES string of the molecule is CCN(C(=O)CCCOc1ccccc1)C1CCCCC1. The van der Waals surface area contributed by atoms with Gasteiger partial charge in [-0.05, 0) is 38.3 Å². The Labute approximate surface area is 128 Å². The molecule has 0 radical (unpaired) electrons. The van der Waals surface area contributed by atoms with Gasteiger partial charge in [0.25, 0.3) is 0 Å². The van der Waals surface area contributed by atoms with Crippen molar-refractivity contribution < 1.29 is 9.53 Å². The number of para-hydroxylation sites is 1. The number of rotatable bonds is 7. The van der Waals surface area contributed by atoms with Crippen molar-refractivity contribution in [1.29, 1.82) is 0 Å². The van der Waals surface area contributed by atoms with Crippen LogP contribution in [0.15, 0.2) is 30.3 Å². The highest BCUT2D eigenvalue weighted by atomic mass is 16.5. The number of carbonyl (C=O) groups is 1. The van der Waals surface area contributed by atoms with E-state index in [0.717, 1.165) is 18.7 Å². The zero-order valence-electron chi connectivity index (χ0n) is 13.1. The van der Waals surface area contributed by atoms with Crippen molar-refractivity contribution in [2.75, 3.05) is 13.2 Å². The van der Waals surface area contributed by atoms with Crippen LogP contribution in [0.4, 0.5) is 0 Å². The lowest BCUT2D eigenvalue weighted by molar-refractivity contribution is -0.134. The van der Waals surface area contributed by atoms with Crippen molar-refractivity contribution in [1.82, 2.24) is 4.90 Å². The molecule has 0 spiro atoms. The van der Waals surface area contributed by atoms with Crippen LogP contribution in [-0.4, -0.2) is 30.0 Å². The second-order valence-corrected chi connectivity index (χ2v) is 5.74. The van der Waals surface area contributed by atoms with Crippen LogP contribution in [0, 0.1) is 0 Å². The highest BCUT2D eigenvalue weighted by Crippen LogP contribution is 2.23. The summed E-state index contributed by atoms with van der Waals surface area (Å²) in [6.45, 7) is 3.54. The van der Waals surface area contributed by atoms with Gasteiger partial charge in [0.1, 0.15) is 5.75 Å². The zero-order valence-corrected chi connectivity index (χ0v) is 13.1. The lowest BCUT2D eigenvalue weighted by Gasteiger charge is -2.33. The molecule has 0 unspecified atom stereocenters. The van der Waals surface area contributed by atoms with Crippen molar-refractivity contribution >= 4 is 5.91 Å². The lowest BCUT2D eigenvalue weighted by Crippen LogP contribution is -2.41. The molecule has 3 heteroatoms. The minimum atomic E-state index is 0.293. The average molecular weight is 289 g/mol. The van der Waals surface area contributed by atoms with Gasteiger partial charge in [-0.2, -0.15) is 0 Å². The number of hydrogen-bond donors (Lipinski definition) is 0. The summed E-state index contributed by atoms with van der Waals surface area (Å²) in [6, 6.07) is 10.3. The highest BCUT2D eigenvalue weighted by molar-refractivity contribution is 5.76. The van der Waals surface area contributed by atoms with Crippen molar-refractivity contribution in [3.63, 3.8) is 0 Å². The summed E-state index contributed by atoms with van der Waals surface area (Å²) in [5.41, 5.74) is 0. The van der Waals surface area contributed by atoms with Gasteiger partial charge in [0, 0.05) is 19.0 Å². The third kappa shape index (κ3) is 5.07. The van der Waals surface area contributed by atoms with Crippen LogP contribution in [-0.2, 0) is 4.79 Å². The maximum atomic E-state index is 12.4. The molecule has 1 amide bonds. The molecule has 0 N–H and O–H groups in total. The maximum absolute atomic E-state index is 12.4. The molecule has 1 aliphatic rings. The fourth-order valence-corrected chi connectivity index (χ4v) is 3.10. The number of carbonyl (C=O) groups excluding carboxylic acids is 1. The van der Waals surface area contributed by atoms with Crippen LogP contribution in [0.3, 0.4) is 0 Å². The van der Waals surface area contributed by atoms with Gasteiger partial charge in [-0.25, -0.2) is 0 Å². The van der Waals surface area contributed by atoms with Gasteiger partial charge in [-0.15, -0.1) is 0 Å². The number of amides is 1. The monoisotopic (exact) mass is 289 g/mol. The van der Waals surface area contributed by atoms with Crippen LogP contribution in [0.25, 0.3) is 0 Å². The van der Waals surface area contributed by atoms with Crippen molar-refractivity contribution in [2.24, 2.45) is 0 Å². The van der Waals surface area contributed by atoms with Gasteiger partial charge in [0.2, 0.25) is 5.91 Å². The molecule has 1 aromatic carbocycles. The zero-order chi connectivity index (χ0) is 14.9. The Kier molecular flexibility index (Phi) is 6.58. The Bertz CT molecular complexity index is 412. The summed E-state index contributed by atoms with van der Waals surface area (Å²) in [5.74, 6) is 1.17. The van der Waals surface area contributed by atoms with Crippen LogP contribution in [0.2, 0.25) is 0 Å². The molecular formula is C18H27NO2. The maximum Gasteiger partial charge on any atom is 0.222 e. The smallest absolute Gasteiger partial charge is 0.222 e. The van der Waals surface area contributed by atoms with Crippen molar-refractivity contribution in [3.8, 4) is 5.75 Å². The molecule has 0 atom stereocenters. The first kappa shape index (κ1) is 15.9. The van der Waals surface area contributed by atoms with Crippen molar-refractivity contribution in [3.05, 3.63) is 30.3 Å². The summed E-state index contributed by atoms with van der Waals surface area (Å²) in [4.78, 5) is 14.4. The van der Waals surface area contributed by atoms with Crippen LogP contribution in [0.5, 0.6) is 5.75 Å². The number of ether oxygens (including phenoxy) is 1. The molecule has 1 aromatic rings. The second-order valence-electron chi connectivity index (χ2n) is 5.74. The quantitative estimate of drug-likeness (QED) is 0.709. The fraction of sp³-hybridized carbons (Fsp3) is 0.611. The molecule has 1 aliphatic carbocycles. The summed E-state index contributed by atoms with van der Waals surface area (Å²) in [6.07, 6.45) is 7.61. The molecule has 0 aliphatic heterocycles. The first-order valence-electron chi connectivity index (χ1n) is 8.28. The van der Waals surface area contributed by atoms with E-state index in [1.165, 1.54) is 32.1 Å². The summed E-state index contributed by atoms with van der Waals surface area (Å²) >= 11 is 0. The standard InChI is InChI=1S/C18H27NO2/c1-2-19(16-10-5-3-6-11-16)18(20)14-9-15-21-17-12-7-4-8-13-17/h4,7-8,12-13,16H,2-3,5-6,9-11,14-15H2,1H3. The lowest BCUT2D eigenvalue weighted by atomic mass is 9.94. The second kappa shape index (κ2) is 8.71. The van der Waals surface area contributed by atoms with Gasteiger partial charge in [-0.1, -0.05) is 37.5 Å². The Balaban J connectivity index is 1.70. The fourth-order valence-electron chi connectivity index (χ4n) is 3.10. The van der Waals surface area contributed by atoms with Crippen molar-refractivity contribution in [2.45, 2.75) is 57.9 Å². The van der Waals surface area contributed by atoms with Gasteiger partial charge >= 0.3 is 0 Å². The Morgan fingerprint density at radius 1 is 1.19 bits per heavy atom. The Morgan fingerprint density at radius 2 is 1.90 bits per heavy atom. The van der Waals surface area contributed by atoms with Gasteiger partial charge in [0.15, 0.2) is 0 Å². The largest absolute Gasteiger partial charge is 0.494 e. The van der Waals surface area contributed by atoms with E-state index in [1.807, 2.05) is 30.3 Å². The molecule has 1 fully saturated rings. The molecule has 3 nitrogen and oxygen atoms in total. The first-order valence-corrected chi connectivity index (χ1v) is 8.28. The van der Waals surface area contributed by atoms with E-state index in [1.54, 1.807) is 0 Å². The van der Waals surface area contributed by atoms with Crippen LogP contribution in [0.1, 0.15) is 51.9 Å². The Morgan fingerprint density at radius 3 is 2.57 bits per heavy atom. The summed E-state index contributed by atoms with van der Waals surface area (Å²) in [7, 11) is 0. The molecule has 0 heterocycles. The highest BCUT2D eigenvalue weighted by Gasteiger charge is 2.23. The molecule has 116 valence electrons. The molecule has 2 rings (SSSR count). The molecule has 1 saturated carbocycles. The predicted octanol–water partition coefficient (Wildman–Crippen LogP) is 4.03. The van der Waals surface area contributed by atoms with E-state index in [9.17, 15) is 4.79 Å². The number of hydrogen-bond acceptors (Lipinski definition) is 2. The van der Waals surface area contributed by atoms with Gasteiger partial charge in [-0.3, -0.25) is 4.79 Å². The van der Waals surface area contributed by atoms with E-state index < -0.39 is 0 Å². The van der Waals surface area contributed by atoms with E-state index in [-0.39, 0.29) is 0 Å². The summed E-state index contributed by atoms with van der Waals surface area (Å²) in [5, 5.41) is 0. The van der Waals surface area contributed by atoms with E-state index >= 15 is 0 Å². The molecular weight excluding hydrogens is 262 g/mol. The first-order chi connectivity index (χ1) is 10.3. The van der Waals surface area contributed by atoms with Crippen LogP contribution >= 0.6 is 0 Å². The van der Waals surface area contributed by atoms with E-state index in [0.29, 0.717) is 25.0 Å². The summed E-state index contributed by atoms with van der Waals surface area (Å²) < 4.78 is 5.64. The van der Waals surface area contributed by atoms with Crippen LogP contribution < -0.4 is 4.74 Å².